The van der Waals surface area contributed by atoms with Gasteiger partial charge in [0.05, 0.1) is 0 Å². The van der Waals surface area contributed by atoms with Gasteiger partial charge in [0.2, 0.25) is 0 Å². The Balaban J connectivity index is 2.30. The van der Waals surface area contributed by atoms with Crippen LogP contribution in [0.5, 0.6) is 0 Å². The van der Waals surface area contributed by atoms with Gasteiger partial charge in [-0.2, -0.15) is 0 Å². The molecule has 0 saturated heterocycles. The lowest BCUT2D eigenvalue weighted by molar-refractivity contribution is 0.423. The molecule has 0 bridgehead atoms. The van der Waals surface area contributed by atoms with Crippen LogP contribution in [0, 0.1) is 0 Å². The summed E-state index contributed by atoms with van der Waals surface area (Å²) in [5.74, 6) is 0. The second kappa shape index (κ2) is 6.30. The number of aromatic nitrogens is 1. The number of nitrogens with zero attached hydrogens (tertiary/aromatic N) is 1. The van der Waals surface area contributed by atoms with Gasteiger partial charge in [0.25, 0.3) is 0 Å². The lowest BCUT2D eigenvalue weighted by Crippen LogP contribution is -2.36. The predicted molar refractivity (Wildman–Crippen MR) is 77.6 cm³/mol. The standard InChI is InChI=1S/C15H27N3/c1-14(2,13-7-5-9-17-11-13)12-18-10-6-8-15(3,4)16/h5,7,9,11,18H,6,8,10,12,16H2,1-4H3. The molecule has 1 aromatic rings. The summed E-state index contributed by atoms with van der Waals surface area (Å²) in [6.07, 6.45) is 5.93. The quantitative estimate of drug-likeness (QED) is 0.730. The Morgan fingerprint density at radius 2 is 2.00 bits per heavy atom. The first kappa shape index (κ1) is 15.1. The molecule has 3 nitrogen and oxygen atoms in total. The van der Waals surface area contributed by atoms with Crippen LogP contribution in [0.3, 0.4) is 0 Å². The highest BCUT2D eigenvalue weighted by molar-refractivity contribution is 5.19. The number of nitrogens with two attached hydrogens (primary N) is 1. The molecule has 3 N–H and O–H groups in total. The average molecular weight is 249 g/mol. The summed E-state index contributed by atoms with van der Waals surface area (Å²) in [7, 11) is 0. The van der Waals surface area contributed by atoms with Crippen molar-refractivity contribution in [2.45, 2.75) is 51.5 Å². The Hall–Kier alpha value is -0.930. The Kier molecular flexibility index (Phi) is 5.29. The molecule has 0 atom stereocenters. The smallest absolute Gasteiger partial charge is 0.0305 e. The summed E-state index contributed by atoms with van der Waals surface area (Å²) in [5, 5.41) is 3.51. The zero-order valence-corrected chi connectivity index (χ0v) is 12.2. The summed E-state index contributed by atoms with van der Waals surface area (Å²) in [5.41, 5.74) is 7.30. The molecule has 1 heterocycles. The fourth-order valence-electron chi connectivity index (χ4n) is 1.94. The van der Waals surface area contributed by atoms with Crippen LogP contribution in [0.1, 0.15) is 46.1 Å². The lowest BCUT2D eigenvalue weighted by atomic mass is 9.85. The van der Waals surface area contributed by atoms with Crippen molar-refractivity contribution in [2.75, 3.05) is 13.1 Å². The van der Waals surface area contributed by atoms with Crippen molar-refractivity contribution in [1.82, 2.24) is 10.3 Å². The fourth-order valence-corrected chi connectivity index (χ4v) is 1.94. The summed E-state index contributed by atoms with van der Waals surface area (Å²) in [4.78, 5) is 4.18. The predicted octanol–water partition coefficient (Wildman–Crippen LogP) is 2.47. The first-order valence-electron chi connectivity index (χ1n) is 6.71. The maximum Gasteiger partial charge on any atom is 0.0305 e. The number of hydrogen-bond donors (Lipinski definition) is 2. The van der Waals surface area contributed by atoms with Crippen molar-refractivity contribution in [2.24, 2.45) is 5.73 Å². The average Bonchev–Trinajstić information content (AvgIpc) is 2.28. The van der Waals surface area contributed by atoms with E-state index in [1.807, 2.05) is 18.5 Å². The molecule has 102 valence electrons. The summed E-state index contributed by atoms with van der Waals surface area (Å²) >= 11 is 0. The summed E-state index contributed by atoms with van der Waals surface area (Å²) < 4.78 is 0. The number of pyridine rings is 1. The van der Waals surface area contributed by atoms with Gasteiger partial charge in [-0.3, -0.25) is 4.98 Å². The maximum atomic E-state index is 5.96. The van der Waals surface area contributed by atoms with Gasteiger partial charge in [0.15, 0.2) is 0 Å². The molecule has 0 spiro atoms. The Morgan fingerprint density at radius 3 is 2.56 bits per heavy atom. The molecule has 1 aromatic heterocycles. The monoisotopic (exact) mass is 249 g/mol. The van der Waals surface area contributed by atoms with Crippen LogP contribution >= 0.6 is 0 Å². The topological polar surface area (TPSA) is 50.9 Å². The van der Waals surface area contributed by atoms with Gasteiger partial charge in [-0.1, -0.05) is 19.9 Å². The Bertz CT molecular complexity index is 339. The molecule has 0 amide bonds. The van der Waals surface area contributed by atoms with E-state index in [1.54, 1.807) is 0 Å². The van der Waals surface area contributed by atoms with E-state index >= 15 is 0 Å². The highest BCUT2D eigenvalue weighted by Crippen LogP contribution is 2.20. The molecule has 0 aliphatic rings. The van der Waals surface area contributed by atoms with Gasteiger partial charge in [0.1, 0.15) is 0 Å². The normalized spacial score (nSPS) is 12.7. The molecule has 1 rings (SSSR count). The second-order valence-electron chi connectivity index (χ2n) is 6.39. The molecule has 0 aliphatic carbocycles. The molecule has 0 fully saturated rings. The third-order valence-electron chi connectivity index (χ3n) is 3.18. The van der Waals surface area contributed by atoms with Crippen LogP contribution in [0.2, 0.25) is 0 Å². The van der Waals surface area contributed by atoms with E-state index in [0.29, 0.717) is 0 Å². The molecule has 0 aromatic carbocycles. The summed E-state index contributed by atoms with van der Waals surface area (Å²) in [6.45, 7) is 10.6. The second-order valence-corrected chi connectivity index (χ2v) is 6.39. The van der Waals surface area contributed by atoms with Crippen molar-refractivity contribution >= 4 is 0 Å². The number of hydrogen-bond acceptors (Lipinski definition) is 3. The SMILES string of the molecule is CC(C)(N)CCCNCC(C)(C)c1cccnc1. The van der Waals surface area contributed by atoms with Crippen molar-refractivity contribution in [3.8, 4) is 0 Å². The van der Waals surface area contributed by atoms with E-state index in [-0.39, 0.29) is 11.0 Å². The molecular formula is C15H27N3. The fraction of sp³-hybridized carbons (Fsp3) is 0.667. The van der Waals surface area contributed by atoms with Gasteiger partial charge < -0.3 is 11.1 Å². The minimum absolute atomic E-state index is 0.0550. The Labute approximate surface area is 111 Å². The van der Waals surface area contributed by atoms with Gasteiger partial charge in [-0.15, -0.1) is 0 Å². The van der Waals surface area contributed by atoms with E-state index in [0.717, 1.165) is 25.9 Å². The van der Waals surface area contributed by atoms with Crippen LogP contribution in [-0.4, -0.2) is 23.6 Å². The van der Waals surface area contributed by atoms with Gasteiger partial charge in [-0.25, -0.2) is 0 Å². The van der Waals surface area contributed by atoms with E-state index in [4.69, 9.17) is 5.73 Å². The van der Waals surface area contributed by atoms with Crippen molar-refractivity contribution in [1.29, 1.82) is 0 Å². The van der Waals surface area contributed by atoms with Gasteiger partial charge in [0, 0.05) is 29.9 Å². The van der Waals surface area contributed by atoms with Crippen LogP contribution in [0.4, 0.5) is 0 Å². The first-order chi connectivity index (χ1) is 8.31. The van der Waals surface area contributed by atoms with Crippen LogP contribution in [0.25, 0.3) is 0 Å². The van der Waals surface area contributed by atoms with Crippen LogP contribution in [-0.2, 0) is 5.41 Å². The van der Waals surface area contributed by atoms with Crippen LogP contribution < -0.4 is 11.1 Å². The molecule has 0 radical (unpaired) electrons. The highest BCUT2D eigenvalue weighted by Gasteiger charge is 2.20. The van der Waals surface area contributed by atoms with E-state index in [1.165, 1.54) is 5.56 Å². The first-order valence-corrected chi connectivity index (χ1v) is 6.71. The minimum Gasteiger partial charge on any atom is -0.326 e. The molecular weight excluding hydrogens is 222 g/mol. The number of rotatable bonds is 7. The zero-order valence-electron chi connectivity index (χ0n) is 12.2. The van der Waals surface area contributed by atoms with Gasteiger partial charge >= 0.3 is 0 Å². The van der Waals surface area contributed by atoms with E-state index in [2.05, 4.69) is 44.1 Å². The molecule has 0 aliphatic heterocycles. The van der Waals surface area contributed by atoms with Crippen LogP contribution in [0.15, 0.2) is 24.5 Å². The van der Waals surface area contributed by atoms with Crippen molar-refractivity contribution < 1.29 is 0 Å². The van der Waals surface area contributed by atoms with Crippen molar-refractivity contribution in [3.05, 3.63) is 30.1 Å². The molecule has 18 heavy (non-hydrogen) atoms. The zero-order chi connectivity index (χ0) is 13.6. The molecule has 0 saturated carbocycles. The molecule has 0 unspecified atom stereocenters. The number of nitrogens with one attached hydrogen (secondary N) is 1. The highest BCUT2D eigenvalue weighted by atomic mass is 14.9. The van der Waals surface area contributed by atoms with Gasteiger partial charge in [-0.05, 0) is 44.9 Å². The Morgan fingerprint density at radius 1 is 1.28 bits per heavy atom. The maximum absolute atomic E-state index is 5.96. The summed E-state index contributed by atoms with van der Waals surface area (Å²) in [6, 6.07) is 4.13. The third-order valence-corrected chi connectivity index (χ3v) is 3.18. The van der Waals surface area contributed by atoms with E-state index in [9.17, 15) is 0 Å². The molecule has 3 heteroatoms. The van der Waals surface area contributed by atoms with E-state index < -0.39 is 0 Å². The third kappa shape index (κ3) is 5.61. The largest absolute Gasteiger partial charge is 0.326 e. The van der Waals surface area contributed by atoms with Crippen molar-refractivity contribution in [3.63, 3.8) is 0 Å². The minimum atomic E-state index is -0.0550. The lowest BCUT2D eigenvalue weighted by Gasteiger charge is -2.26.